The molecule has 4 aromatic rings. The van der Waals surface area contributed by atoms with Gasteiger partial charge in [0.2, 0.25) is 0 Å². The number of aromatic amines is 1. The molecule has 0 unspecified atom stereocenters. The number of H-pyrrole nitrogens is 1. The number of nitrogens with zero attached hydrogens (tertiary/aromatic N) is 6. The van der Waals surface area contributed by atoms with E-state index in [-0.39, 0.29) is 0 Å². The number of piperazine rings is 1. The van der Waals surface area contributed by atoms with E-state index in [2.05, 4.69) is 47.1 Å². The zero-order valence-corrected chi connectivity index (χ0v) is 18.3. The van der Waals surface area contributed by atoms with E-state index in [0.717, 1.165) is 43.0 Å². The lowest BCUT2D eigenvalue weighted by Crippen LogP contribution is -2.44. The molecule has 0 radical (unpaired) electrons. The minimum atomic E-state index is 0.527. The molecule has 158 valence electrons. The summed E-state index contributed by atoms with van der Waals surface area (Å²) in [6, 6.07) is 7.19. The number of aromatic nitrogens is 5. The fourth-order valence-corrected chi connectivity index (χ4v) is 4.15. The Balaban J connectivity index is 1.41. The number of fused-ring (bicyclic) bond motifs is 1. The van der Waals surface area contributed by atoms with E-state index < -0.39 is 0 Å². The number of likely N-dealkylation sites (N-methyl/N-ethyl adjacent to an activating group) is 1. The van der Waals surface area contributed by atoms with E-state index in [9.17, 15) is 0 Å². The molecule has 10 heteroatoms. The highest BCUT2D eigenvalue weighted by atomic mass is 35.5. The Bertz CT molecular complexity index is 1200. The van der Waals surface area contributed by atoms with E-state index in [4.69, 9.17) is 23.2 Å². The van der Waals surface area contributed by atoms with Crippen LogP contribution in [-0.2, 0) is 0 Å². The molecule has 0 spiro atoms. The van der Waals surface area contributed by atoms with Gasteiger partial charge in [-0.3, -0.25) is 0 Å². The molecule has 1 aromatic carbocycles. The van der Waals surface area contributed by atoms with Crippen molar-refractivity contribution in [1.29, 1.82) is 0 Å². The van der Waals surface area contributed by atoms with Crippen molar-refractivity contribution >= 4 is 51.7 Å². The van der Waals surface area contributed by atoms with E-state index in [1.165, 1.54) is 0 Å². The van der Waals surface area contributed by atoms with Crippen LogP contribution in [0.15, 0.2) is 42.9 Å². The topological polar surface area (TPSA) is 85.9 Å². The van der Waals surface area contributed by atoms with Crippen LogP contribution in [-0.4, -0.2) is 63.0 Å². The van der Waals surface area contributed by atoms with Crippen LogP contribution in [0.2, 0.25) is 10.0 Å². The first kappa shape index (κ1) is 20.0. The van der Waals surface area contributed by atoms with Crippen LogP contribution in [0, 0.1) is 0 Å². The van der Waals surface area contributed by atoms with Gasteiger partial charge in [0.25, 0.3) is 0 Å². The van der Waals surface area contributed by atoms with Gasteiger partial charge in [-0.2, -0.15) is 0 Å². The minimum Gasteiger partial charge on any atom is -0.353 e. The Labute approximate surface area is 189 Å². The summed E-state index contributed by atoms with van der Waals surface area (Å²) in [6.45, 7) is 3.93. The molecule has 1 fully saturated rings. The van der Waals surface area contributed by atoms with Crippen molar-refractivity contribution < 1.29 is 0 Å². The summed E-state index contributed by atoms with van der Waals surface area (Å²) in [6.07, 6.45) is 5.20. The maximum atomic E-state index is 6.35. The van der Waals surface area contributed by atoms with Crippen LogP contribution in [0.5, 0.6) is 0 Å². The van der Waals surface area contributed by atoms with Crippen LogP contribution in [0.4, 0.5) is 17.5 Å². The average molecular weight is 455 g/mol. The number of hydrogen-bond donors (Lipinski definition) is 2. The van der Waals surface area contributed by atoms with E-state index >= 15 is 0 Å². The fourth-order valence-electron chi connectivity index (χ4n) is 3.58. The summed E-state index contributed by atoms with van der Waals surface area (Å²) in [5.41, 5.74) is 2.13. The first-order chi connectivity index (χ1) is 15.1. The van der Waals surface area contributed by atoms with Crippen molar-refractivity contribution in [2.45, 2.75) is 0 Å². The number of imidazole rings is 1. The van der Waals surface area contributed by atoms with Crippen LogP contribution in [0.25, 0.3) is 22.4 Å². The minimum absolute atomic E-state index is 0.527. The fraction of sp³-hybridized carbons (Fsp3) is 0.238. The number of halogens is 2. The predicted molar refractivity (Wildman–Crippen MR) is 124 cm³/mol. The number of anilines is 3. The quantitative estimate of drug-likeness (QED) is 0.477. The maximum absolute atomic E-state index is 6.35. The van der Waals surface area contributed by atoms with Crippen molar-refractivity contribution in [3.05, 3.63) is 52.9 Å². The third-order valence-corrected chi connectivity index (χ3v) is 5.95. The summed E-state index contributed by atoms with van der Waals surface area (Å²) in [7, 11) is 2.13. The second-order valence-corrected chi connectivity index (χ2v) is 8.23. The van der Waals surface area contributed by atoms with Crippen LogP contribution < -0.4 is 10.2 Å². The van der Waals surface area contributed by atoms with Crippen molar-refractivity contribution in [2.75, 3.05) is 43.4 Å². The predicted octanol–water partition coefficient (Wildman–Crippen LogP) is 4.22. The van der Waals surface area contributed by atoms with Crippen molar-refractivity contribution in [2.24, 2.45) is 0 Å². The molecular formula is C21H20Cl2N8. The molecular weight excluding hydrogens is 435 g/mol. The molecule has 1 saturated heterocycles. The van der Waals surface area contributed by atoms with Gasteiger partial charge in [-0.1, -0.05) is 29.3 Å². The van der Waals surface area contributed by atoms with Gasteiger partial charge in [-0.05, 0) is 25.2 Å². The number of benzene rings is 1. The van der Waals surface area contributed by atoms with E-state index in [1.54, 1.807) is 36.8 Å². The molecule has 0 bridgehead atoms. The average Bonchev–Trinajstić information content (AvgIpc) is 3.20. The maximum Gasteiger partial charge on any atom is 0.157 e. The van der Waals surface area contributed by atoms with Crippen LogP contribution in [0.3, 0.4) is 0 Å². The molecule has 31 heavy (non-hydrogen) atoms. The van der Waals surface area contributed by atoms with E-state index in [0.29, 0.717) is 33.1 Å². The second-order valence-electron chi connectivity index (χ2n) is 7.41. The zero-order valence-electron chi connectivity index (χ0n) is 16.8. The highest BCUT2D eigenvalue weighted by molar-refractivity contribution is 6.39. The van der Waals surface area contributed by atoms with Crippen LogP contribution in [0.1, 0.15) is 0 Å². The zero-order chi connectivity index (χ0) is 21.4. The number of hydrogen-bond acceptors (Lipinski definition) is 7. The molecule has 8 nitrogen and oxygen atoms in total. The summed E-state index contributed by atoms with van der Waals surface area (Å²) in [5, 5.41) is 4.28. The van der Waals surface area contributed by atoms with Gasteiger partial charge in [0, 0.05) is 32.4 Å². The van der Waals surface area contributed by atoms with Crippen LogP contribution >= 0.6 is 23.2 Å². The molecule has 0 atom stereocenters. The SMILES string of the molecule is CN1CCN(c2cnc(Nc3nccc4nc(-c5c(Cl)cccc5Cl)[nH]c34)cn2)CC1. The molecule has 4 heterocycles. The summed E-state index contributed by atoms with van der Waals surface area (Å²) >= 11 is 12.7. The molecule has 0 saturated carbocycles. The molecule has 0 aliphatic carbocycles. The van der Waals surface area contributed by atoms with Crippen molar-refractivity contribution in [3.63, 3.8) is 0 Å². The number of rotatable bonds is 4. The summed E-state index contributed by atoms with van der Waals surface area (Å²) in [4.78, 5) is 26.0. The number of pyridine rings is 1. The molecule has 3 aromatic heterocycles. The van der Waals surface area contributed by atoms with E-state index in [1.807, 2.05) is 6.07 Å². The summed E-state index contributed by atoms with van der Waals surface area (Å²) < 4.78 is 0. The first-order valence-electron chi connectivity index (χ1n) is 9.90. The molecule has 2 N–H and O–H groups in total. The monoisotopic (exact) mass is 454 g/mol. The highest BCUT2D eigenvalue weighted by Gasteiger charge is 2.17. The smallest absolute Gasteiger partial charge is 0.157 e. The molecule has 1 aliphatic heterocycles. The van der Waals surface area contributed by atoms with Crippen molar-refractivity contribution in [3.8, 4) is 11.4 Å². The number of nitrogens with one attached hydrogen (secondary N) is 2. The first-order valence-corrected chi connectivity index (χ1v) is 10.7. The van der Waals surface area contributed by atoms with Gasteiger partial charge >= 0.3 is 0 Å². The molecule has 5 rings (SSSR count). The Hall–Kier alpha value is -2.94. The summed E-state index contributed by atoms with van der Waals surface area (Å²) in [5.74, 6) is 2.66. The Morgan fingerprint density at radius 2 is 1.74 bits per heavy atom. The lowest BCUT2D eigenvalue weighted by molar-refractivity contribution is 0.312. The third-order valence-electron chi connectivity index (χ3n) is 5.32. The Kier molecular flexibility index (Phi) is 5.35. The standard InChI is InChI=1S/C21H20Cl2N8/c1-30-7-9-31(10-8-30)17-12-25-16(11-26-17)28-21-19-15(5-6-24-21)27-20(29-19)18-13(22)3-2-4-14(18)23/h2-6,11-12H,7-10H2,1H3,(H,27,29)(H,24,25,28). The third kappa shape index (κ3) is 4.01. The Morgan fingerprint density at radius 1 is 0.968 bits per heavy atom. The van der Waals surface area contributed by atoms with Gasteiger partial charge in [0.1, 0.15) is 23.0 Å². The lowest BCUT2D eigenvalue weighted by atomic mass is 10.2. The van der Waals surface area contributed by atoms with Gasteiger partial charge in [0.05, 0.1) is 33.5 Å². The normalized spacial score (nSPS) is 14.9. The second kappa shape index (κ2) is 8.30. The van der Waals surface area contributed by atoms with Gasteiger partial charge in [0.15, 0.2) is 5.82 Å². The Morgan fingerprint density at radius 3 is 2.45 bits per heavy atom. The molecule has 0 amide bonds. The van der Waals surface area contributed by atoms with Gasteiger partial charge in [-0.25, -0.2) is 19.9 Å². The van der Waals surface area contributed by atoms with Gasteiger partial charge < -0.3 is 20.1 Å². The highest BCUT2D eigenvalue weighted by Crippen LogP contribution is 2.34. The van der Waals surface area contributed by atoms with Gasteiger partial charge in [-0.15, -0.1) is 0 Å². The van der Waals surface area contributed by atoms with Crippen molar-refractivity contribution in [1.82, 2.24) is 29.8 Å². The molecule has 1 aliphatic rings. The lowest BCUT2D eigenvalue weighted by Gasteiger charge is -2.32. The largest absolute Gasteiger partial charge is 0.353 e.